The van der Waals surface area contributed by atoms with E-state index in [2.05, 4.69) is 20.5 Å². The normalized spacial score (nSPS) is 11.7. The first kappa shape index (κ1) is 16.7. The number of amides is 1. The van der Waals surface area contributed by atoms with Gasteiger partial charge in [0.2, 0.25) is 0 Å². The molecular weight excluding hydrogens is 340 g/mol. The molecule has 7 nitrogen and oxygen atoms in total. The molecule has 0 fully saturated rings. The number of benzene rings is 1. The van der Waals surface area contributed by atoms with Crippen molar-refractivity contribution in [2.45, 2.75) is 13.8 Å². The second-order valence-corrected chi connectivity index (χ2v) is 6.13. The summed E-state index contributed by atoms with van der Waals surface area (Å²) in [5.74, 6) is -0.328. The SMILES string of the molecule is C/C(=N\NC(=O)c1nc2ccccn2c1C)c1ccc(-n2ccnc2)cc1. The van der Waals surface area contributed by atoms with Gasteiger partial charge in [-0.1, -0.05) is 18.2 Å². The third-order valence-corrected chi connectivity index (χ3v) is 4.40. The van der Waals surface area contributed by atoms with Gasteiger partial charge in [0.15, 0.2) is 5.69 Å². The number of carbonyl (C=O) groups excluding carboxylic acids is 1. The van der Waals surface area contributed by atoms with Crippen LogP contribution < -0.4 is 5.43 Å². The third kappa shape index (κ3) is 3.22. The first-order valence-corrected chi connectivity index (χ1v) is 8.50. The lowest BCUT2D eigenvalue weighted by Crippen LogP contribution is -2.20. The molecule has 0 unspecified atom stereocenters. The average Bonchev–Trinajstić information content (AvgIpc) is 3.35. The highest BCUT2D eigenvalue weighted by Gasteiger charge is 2.15. The van der Waals surface area contributed by atoms with Crippen LogP contribution in [0.3, 0.4) is 0 Å². The van der Waals surface area contributed by atoms with Crippen LogP contribution in [-0.4, -0.2) is 30.6 Å². The minimum absolute atomic E-state index is 0.328. The third-order valence-electron chi connectivity index (χ3n) is 4.40. The van der Waals surface area contributed by atoms with Gasteiger partial charge in [0.1, 0.15) is 5.65 Å². The van der Waals surface area contributed by atoms with E-state index in [-0.39, 0.29) is 5.91 Å². The van der Waals surface area contributed by atoms with Crippen LogP contribution in [0, 0.1) is 6.92 Å². The van der Waals surface area contributed by atoms with Crippen molar-refractivity contribution in [3.8, 4) is 5.69 Å². The number of hydrogen-bond acceptors (Lipinski definition) is 4. The van der Waals surface area contributed by atoms with E-state index in [1.54, 1.807) is 12.5 Å². The fourth-order valence-corrected chi connectivity index (χ4v) is 2.87. The van der Waals surface area contributed by atoms with Crippen molar-refractivity contribution in [2.24, 2.45) is 5.10 Å². The van der Waals surface area contributed by atoms with Gasteiger partial charge in [-0.05, 0) is 43.7 Å². The first-order chi connectivity index (χ1) is 13.1. The zero-order valence-electron chi connectivity index (χ0n) is 15.0. The maximum Gasteiger partial charge on any atom is 0.291 e. The van der Waals surface area contributed by atoms with Crippen molar-refractivity contribution >= 4 is 17.3 Å². The van der Waals surface area contributed by atoms with Crippen molar-refractivity contribution in [3.63, 3.8) is 0 Å². The standard InChI is InChI=1S/C20H18N6O/c1-14(16-6-8-17(9-7-16)25-12-10-21-13-25)23-24-20(27)19-15(2)26-11-4-3-5-18(26)22-19/h3-13H,1-2H3,(H,24,27)/b23-14+. The van der Waals surface area contributed by atoms with Gasteiger partial charge in [0.05, 0.1) is 17.7 Å². The lowest BCUT2D eigenvalue weighted by molar-refractivity contribution is 0.0950. The Morgan fingerprint density at radius 3 is 2.63 bits per heavy atom. The molecule has 4 aromatic rings. The Hall–Kier alpha value is -3.74. The van der Waals surface area contributed by atoms with Crippen molar-refractivity contribution in [1.29, 1.82) is 0 Å². The largest absolute Gasteiger partial charge is 0.306 e. The molecule has 0 spiro atoms. The molecule has 1 amide bonds. The Morgan fingerprint density at radius 1 is 1.11 bits per heavy atom. The van der Waals surface area contributed by atoms with Gasteiger partial charge in [-0.15, -0.1) is 0 Å². The summed E-state index contributed by atoms with van der Waals surface area (Å²) in [6.07, 6.45) is 7.24. The van der Waals surface area contributed by atoms with E-state index in [0.717, 1.165) is 22.6 Å². The molecule has 7 heteroatoms. The van der Waals surface area contributed by atoms with E-state index in [0.29, 0.717) is 11.4 Å². The summed E-state index contributed by atoms with van der Waals surface area (Å²) in [6, 6.07) is 13.5. The number of rotatable bonds is 4. The monoisotopic (exact) mass is 358 g/mol. The van der Waals surface area contributed by atoms with Crippen LogP contribution in [0.15, 0.2) is 72.5 Å². The minimum atomic E-state index is -0.328. The Labute approximate surface area is 156 Å². The van der Waals surface area contributed by atoms with Crippen molar-refractivity contribution < 1.29 is 4.79 Å². The summed E-state index contributed by atoms with van der Waals surface area (Å²) in [5, 5.41) is 4.22. The quantitative estimate of drug-likeness (QED) is 0.450. The summed E-state index contributed by atoms with van der Waals surface area (Å²) < 4.78 is 3.80. The summed E-state index contributed by atoms with van der Waals surface area (Å²) in [7, 11) is 0. The summed E-state index contributed by atoms with van der Waals surface area (Å²) in [5.41, 5.74) is 7.12. The molecule has 27 heavy (non-hydrogen) atoms. The number of carbonyl (C=O) groups is 1. The minimum Gasteiger partial charge on any atom is -0.306 e. The molecule has 134 valence electrons. The number of hydrogen-bond donors (Lipinski definition) is 1. The van der Waals surface area contributed by atoms with Crippen LogP contribution in [0.1, 0.15) is 28.7 Å². The predicted molar refractivity (Wildman–Crippen MR) is 103 cm³/mol. The highest BCUT2D eigenvalue weighted by atomic mass is 16.2. The number of fused-ring (bicyclic) bond motifs is 1. The molecule has 0 aliphatic heterocycles. The molecule has 0 aliphatic rings. The molecule has 0 aliphatic carbocycles. The predicted octanol–water partition coefficient (Wildman–Crippen LogP) is 2.98. The van der Waals surface area contributed by atoms with E-state index in [1.807, 2.05) is 77.7 Å². The highest BCUT2D eigenvalue weighted by Crippen LogP contribution is 2.12. The fraction of sp³-hybridized carbons (Fsp3) is 0.100. The van der Waals surface area contributed by atoms with Crippen LogP contribution in [0.4, 0.5) is 0 Å². The molecule has 0 saturated carbocycles. The highest BCUT2D eigenvalue weighted by molar-refractivity contribution is 6.01. The molecule has 0 radical (unpaired) electrons. The number of pyridine rings is 1. The number of nitrogens with zero attached hydrogens (tertiary/aromatic N) is 5. The lowest BCUT2D eigenvalue weighted by atomic mass is 10.1. The Morgan fingerprint density at radius 2 is 1.93 bits per heavy atom. The molecule has 3 heterocycles. The van der Waals surface area contributed by atoms with E-state index in [4.69, 9.17) is 0 Å². The van der Waals surface area contributed by atoms with E-state index >= 15 is 0 Å². The molecule has 3 aromatic heterocycles. The fourth-order valence-electron chi connectivity index (χ4n) is 2.87. The van der Waals surface area contributed by atoms with Gasteiger partial charge >= 0.3 is 0 Å². The molecule has 0 saturated heterocycles. The van der Waals surface area contributed by atoms with Crippen LogP contribution in [-0.2, 0) is 0 Å². The van der Waals surface area contributed by atoms with Gasteiger partial charge in [-0.2, -0.15) is 5.10 Å². The Balaban J connectivity index is 1.51. The number of hydrazone groups is 1. The van der Waals surface area contributed by atoms with Crippen LogP contribution in [0.2, 0.25) is 0 Å². The van der Waals surface area contributed by atoms with Crippen LogP contribution in [0.5, 0.6) is 0 Å². The second-order valence-electron chi connectivity index (χ2n) is 6.13. The average molecular weight is 358 g/mol. The lowest BCUT2D eigenvalue weighted by Gasteiger charge is -2.05. The molecule has 1 N–H and O–H groups in total. The van der Waals surface area contributed by atoms with Crippen molar-refractivity contribution in [3.05, 3.63) is 84.3 Å². The van der Waals surface area contributed by atoms with Gasteiger partial charge in [0.25, 0.3) is 5.91 Å². The maximum absolute atomic E-state index is 12.5. The molecule has 1 aromatic carbocycles. The van der Waals surface area contributed by atoms with Crippen LogP contribution in [0.25, 0.3) is 11.3 Å². The number of nitrogens with one attached hydrogen (secondary N) is 1. The van der Waals surface area contributed by atoms with Gasteiger partial charge in [-0.25, -0.2) is 15.4 Å². The van der Waals surface area contributed by atoms with Gasteiger partial charge in [0, 0.05) is 24.3 Å². The maximum atomic E-state index is 12.5. The van der Waals surface area contributed by atoms with Gasteiger partial charge in [-0.3, -0.25) is 4.79 Å². The number of imidazole rings is 2. The van der Waals surface area contributed by atoms with Crippen molar-refractivity contribution in [1.82, 2.24) is 24.4 Å². The first-order valence-electron chi connectivity index (χ1n) is 8.50. The summed E-state index contributed by atoms with van der Waals surface area (Å²) in [4.78, 5) is 20.9. The van der Waals surface area contributed by atoms with E-state index in [1.165, 1.54) is 0 Å². The summed E-state index contributed by atoms with van der Waals surface area (Å²) >= 11 is 0. The number of aromatic nitrogens is 4. The van der Waals surface area contributed by atoms with Crippen LogP contribution >= 0.6 is 0 Å². The zero-order chi connectivity index (χ0) is 18.8. The molecular formula is C20H18N6O. The summed E-state index contributed by atoms with van der Waals surface area (Å²) in [6.45, 7) is 3.71. The molecule has 4 rings (SSSR count). The van der Waals surface area contributed by atoms with E-state index in [9.17, 15) is 4.79 Å². The molecule has 0 atom stereocenters. The van der Waals surface area contributed by atoms with Crippen molar-refractivity contribution in [2.75, 3.05) is 0 Å². The number of aryl methyl sites for hydroxylation is 1. The van der Waals surface area contributed by atoms with E-state index < -0.39 is 0 Å². The topological polar surface area (TPSA) is 76.6 Å². The Kier molecular flexibility index (Phi) is 4.25. The zero-order valence-corrected chi connectivity index (χ0v) is 15.0. The smallest absolute Gasteiger partial charge is 0.291 e. The molecule has 0 bridgehead atoms. The second kappa shape index (κ2) is 6.87. The van der Waals surface area contributed by atoms with Gasteiger partial charge < -0.3 is 8.97 Å². The Bertz CT molecular complexity index is 1120.